The van der Waals surface area contributed by atoms with Gasteiger partial charge in [-0.05, 0) is 45.2 Å². The van der Waals surface area contributed by atoms with Crippen molar-refractivity contribution in [3.63, 3.8) is 0 Å². The van der Waals surface area contributed by atoms with Crippen molar-refractivity contribution in [2.45, 2.75) is 18.3 Å². The van der Waals surface area contributed by atoms with Gasteiger partial charge in [0.05, 0.1) is 0 Å². The van der Waals surface area contributed by atoms with E-state index in [1.807, 2.05) is 12.4 Å². The van der Waals surface area contributed by atoms with Crippen molar-refractivity contribution >= 4 is 5.82 Å². The quantitative estimate of drug-likeness (QED) is 0.734. The highest BCUT2D eigenvalue weighted by Crippen LogP contribution is 2.45. The lowest BCUT2D eigenvalue weighted by Gasteiger charge is -2.38. The van der Waals surface area contributed by atoms with Gasteiger partial charge < -0.3 is 9.80 Å². The lowest BCUT2D eigenvalue weighted by atomic mass is 9.75. The number of likely N-dealkylation sites (tertiary alicyclic amines) is 1. The van der Waals surface area contributed by atoms with E-state index >= 15 is 0 Å². The van der Waals surface area contributed by atoms with Gasteiger partial charge in [-0.15, -0.1) is 0 Å². The minimum absolute atomic E-state index is 0.310. The lowest BCUT2D eigenvalue weighted by molar-refractivity contribution is 0.198. The predicted molar refractivity (Wildman–Crippen MR) is 70.2 cm³/mol. The zero-order valence-corrected chi connectivity index (χ0v) is 10.4. The van der Waals surface area contributed by atoms with Crippen LogP contribution in [-0.2, 0) is 5.41 Å². The standard InChI is InChI=1S/C14H19N3/c1-3-17-11-14(6-9-16(2)10-7-14)12-5-4-8-15-13(12)17/h3-5,8H,1,6-7,9-11H2,2H3. The van der Waals surface area contributed by atoms with E-state index in [-0.39, 0.29) is 0 Å². The van der Waals surface area contributed by atoms with E-state index in [0.29, 0.717) is 5.41 Å². The second-order valence-corrected chi connectivity index (χ2v) is 5.27. The molecule has 0 radical (unpaired) electrons. The molecule has 1 aromatic rings. The number of anilines is 1. The normalized spacial score (nSPS) is 22.8. The Morgan fingerprint density at radius 3 is 2.88 bits per heavy atom. The molecule has 3 heteroatoms. The summed E-state index contributed by atoms with van der Waals surface area (Å²) in [7, 11) is 2.21. The van der Waals surface area contributed by atoms with Crippen LogP contribution in [0, 0.1) is 0 Å². The van der Waals surface area contributed by atoms with E-state index in [9.17, 15) is 0 Å². The van der Waals surface area contributed by atoms with Gasteiger partial charge in [-0.1, -0.05) is 12.6 Å². The van der Waals surface area contributed by atoms with E-state index in [1.165, 1.54) is 31.5 Å². The number of fused-ring (bicyclic) bond motifs is 2. The Labute approximate surface area is 103 Å². The summed E-state index contributed by atoms with van der Waals surface area (Å²) >= 11 is 0. The Balaban J connectivity index is 2.01. The number of hydrogen-bond acceptors (Lipinski definition) is 3. The molecule has 0 unspecified atom stereocenters. The molecule has 2 aliphatic heterocycles. The molecule has 0 aromatic carbocycles. The molecule has 1 spiro atoms. The van der Waals surface area contributed by atoms with Gasteiger partial charge in [0.25, 0.3) is 0 Å². The summed E-state index contributed by atoms with van der Waals surface area (Å²) in [5.41, 5.74) is 1.73. The zero-order valence-electron chi connectivity index (χ0n) is 10.4. The van der Waals surface area contributed by atoms with Crippen LogP contribution in [-0.4, -0.2) is 36.6 Å². The topological polar surface area (TPSA) is 19.4 Å². The third-order valence-corrected chi connectivity index (χ3v) is 4.27. The summed E-state index contributed by atoms with van der Waals surface area (Å²) in [6.07, 6.45) is 6.25. The van der Waals surface area contributed by atoms with Crippen molar-refractivity contribution in [2.75, 3.05) is 31.6 Å². The number of piperidine rings is 1. The average Bonchev–Trinajstić information content (AvgIpc) is 2.68. The first kappa shape index (κ1) is 10.8. The number of pyridine rings is 1. The first-order valence-corrected chi connectivity index (χ1v) is 6.28. The summed E-state index contributed by atoms with van der Waals surface area (Å²) in [6.45, 7) is 7.32. The number of nitrogens with zero attached hydrogens (tertiary/aromatic N) is 3. The van der Waals surface area contributed by atoms with Crippen LogP contribution in [0.2, 0.25) is 0 Å². The molecule has 1 saturated heterocycles. The highest BCUT2D eigenvalue weighted by Gasteiger charge is 2.44. The Kier molecular flexibility index (Phi) is 2.44. The summed E-state index contributed by atoms with van der Waals surface area (Å²) < 4.78 is 0. The SMILES string of the molecule is C=CN1CC2(CCN(C)CC2)c2cccnc21. The maximum absolute atomic E-state index is 4.52. The molecule has 1 aromatic heterocycles. The van der Waals surface area contributed by atoms with Crippen LogP contribution < -0.4 is 4.90 Å². The number of aromatic nitrogens is 1. The van der Waals surface area contributed by atoms with Gasteiger partial charge >= 0.3 is 0 Å². The monoisotopic (exact) mass is 229 g/mol. The maximum atomic E-state index is 4.52. The fourth-order valence-corrected chi connectivity index (χ4v) is 3.15. The molecular formula is C14H19N3. The first-order chi connectivity index (χ1) is 8.25. The minimum atomic E-state index is 0.310. The molecule has 0 bridgehead atoms. The average molecular weight is 229 g/mol. The van der Waals surface area contributed by atoms with Crippen molar-refractivity contribution in [3.8, 4) is 0 Å². The third-order valence-electron chi connectivity index (χ3n) is 4.27. The van der Waals surface area contributed by atoms with Crippen LogP contribution in [0.3, 0.4) is 0 Å². The largest absolute Gasteiger partial charge is 0.332 e. The van der Waals surface area contributed by atoms with Crippen molar-refractivity contribution in [1.82, 2.24) is 9.88 Å². The van der Waals surface area contributed by atoms with Crippen LogP contribution in [0.5, 0.6) is 0 Å². The van der Waals surface area contributed by atoms with Gasteiger partial charge in [0, 0.05) is 23.7 Å². The molecule has 1 fully saturated rings. The lowest BCUT2D eigenvalue weighted by Crippen LogP contribution is -2.43. The van der Waals surface area contributed by atoms with Gasteiger partial charge in [-0.25, -0.2) is 4.98 Å². The second-order valence-electron chi connectivity index (χ2n) is 5.27. The van der Waals surface area contributed by atoms with E-state index < -0.39 is 0 Å². The van der Waals surface area contributed by atoms with E-state index in [1.54, 1.807) is 0 Å². The van der Waals surface area contributed by atoms with Gasteiger partial charge in [-0.2, -0.15) is 0 Å². The molecule has 2 aliphatic rings. The Morgan fingerprint density at radius 1 is 1.41 bits per heavy atom. The molecule has 0 amide bonds. The molecule has 3 heterocycles. The predicted octanol–water partition coefficient (Wildman–Crippen LogP) is 2.01. The van der Waals surface area contributed by atoms with Crippen molar-refractivity contribution in [2.24, 2.45) is 0 Å². The fourth-order valence-electron chi connectivity index (χ4n) is 3.15. The Bertz CT molecular complexity index is 433. The van der Waals surface area contributed by atoms with Crippen LogP contribution in [0.4, 0.5) is 5.82 Å². The minimum Gasteiger partial charge on any atom is -0.332 e. The first-order valence-electron chi connectivity index (χ1n) is 6.28. The van der Waals surface area contributed by atoms with E-state index in [2.05, 4.69) is 40.5 Å². The third kappa shape index (κ3) is 1.57. The van der Waals surface area contributed by atoms with Crippen LogP contribution in [0.25, 0.3) is 0 Å². The number of hydrogen-bond donors (Lipinski definition) is 0. The van der Waals surface area contributed by atoms with Crippen molar-refractivity contribution < 1.29 is 0 Å². The smallest absolute Gasteiger partial charge is 0.136 e. The summed E-state index contributed by atoms with van der Waals surface area (Å²) in [4.78, 5) is 9.14. The molecular weight excluding hydrogens is 210 g/mol. The zero-order chi connectivity index (χ0) is 11.9. The van der Waals surface area contributed by atoms with Gasteiger partial charge in [0.1, 0.15) is 5.82 Å². The molecule has 0 atom stereocenters. The molecule has 0 saturated carbocycles. The summed E-state index contributed by atoms with van der Waals surface area (Å²) in [5.74, 6) is 1.12. The van der Waals surface area contributed by atoms with Crippen LogP contribution >= 0.6 is 0 Å². The molecule has 90 valence electrons. The van der Waals surface area contributed by atoms with Crippen molar-refractivity contribution in [1.29, 1.82) is 0 Å². The molecule has 0 aliphatic carbocycles. The molecule has 0 N–H and O–H groups in total. The Hall–Kier alpha value is -1.35. The maximum Gasteiger partial charge on any atom is 0.136 e. The van der Waals surface area contributed by atoms with Crippen LogP contribution in [0.15, 0.2) is 31.1 Å². The number of rotatable bonds is 1. The van der Waals surface area contributed by atoms with Crippen molar-refractivity contribution in [3.05, 3.63) is 36.7 Å². The second kappa shape index (κ2) is 3.84. The van der Waals surface area contributed by atoms with Gasteiger partial charge in [0.15, 0.2) is 0 Å². The van der Waals surface area contributed by atoms with E-state index in [0.717, 1.165) is 12.4 Å². The van der Waals surface area contributed by atoms with Gasteiger partial charge in [-0.3, -0.25) is 0 Å². The molecule has 3 nitrogen and oxygen atoms in total. The summed E-state index contributed by atoms with van der Waals surface area (Å²) in [5, 5.41) is 0. The molecule has 3 rings (SSSR count). The van der Waals surface area contributed by atoms with Crippen LogP contribution in [0.1, 0.15) is 18.4 Å². The Morgan fingerprint density at radius 2 is 2.18 bits per heavy atom. The summed E-state index contributed by atoms with van der Waals surface area (Å²) in [6, 6.07) is 4.31. The fraction of sp³-hybridized carbons (Fsp3) is 0.500. The highest BCUT2D eigenvalue weighted by atomic mass is 15.2. The van der Waals surface area contributed by atoms with Gasteiger partial charge in [0.2, 0.25) is 0 Å². The van der Waals surface area contributed by atoms with E-state index in [4.69, 9.17) is 0 Å². The highest BCUT2D eigenvalue weighted by molar-refractivity contribution is 5.59. The molecule has 17 heavy (non-hydrogen) atoms.